The SMILES string of the molecule is COc1ccc(C(=O)OCCOc2cccc(Br)c2)c(OC)c1. The molecule has 0 bridgehead atoms. The predicted octanol–water partition coefficient (Wildman–Crippen LogP) is 3.70. The van der Waals surface area contributed by atoms with Gasteiger partial charge in [0.15, 0.2) is 0 Å². The van der Waals surface area contributed by atoms with Gasteiger partial charge in [-0.1, -0.05) is 22.0 Å². The van der Waals surface area contributed by atoms with Gasteiger partial charge in [-0.05, 0) is 30.3 Å². The summed E-state index contributed by atoms with van der Waals surface area (Å²) in [5.74, 6) is 1.25. The number of rotatable bonds is 7. The molecular weight excluding hydrogens is 364 g/mol. The van der Waals surface area contributed by atoms with E-state index in [1.54, 1.807) is 25.3 Å². The Balaban J connectivity index is 1.87. The number of halogens is 1. The molecule has 0 saturated carbocycles. The van der Waals surface area contributed by atoms with E-state index in [0.29, 0.717) is 22.8 Å². The van der Waals surface area contributed by atoms with Crippen LogP contribution in [0.15, 0.2) is 46.9 Å². The van der Waals surface area contributed by atoms with Gasteiger partial charge in [-0.25, -0.2) is 4.79 Å². The molecule has 0 N–H and O–H groups in total. The molecule has 0 saturated heterocycles. The molecule has 0 aliphatic rings. The van der Waals surface area contributed by atoms with Crippen molar-refractivity contribution >= 4 is 21.9 Å². The van der Waals surface area contributed by atoms with E-state index in [4.69, 9.17) is 18.9 Å². The molecule has 0 amide bonds. The van der Waals surface area contributed by atoms with E-state index in [1.165, 1.54) is 7.11 Å². The van der Waals surface area contributed by atoms with Gasteiger partial charge >= 0.3 is 5.97 Å². The first-order chi connectivity index (χ1) is 11.1. The van der Waals surface area contributed by atoms with E-state index in [2.05, 4.69) is 15.9 Å². The van der Waals surface area contributed by atoms with Gasteiger partial charge in [-0.2, -0.15) is 0 Å². The second-order valence-electron chi connectivity index (χ2n) is 4.51. The smallest absolute Gasteiger partial charge is 0.342 e. The van der Waals surface area contributed by atoms with Gasteiger partial charge in [0.25, 0.3) is 0 Å². The largest absolute Gasteiger partial charge is 0.497 e. The van der Waals surface area contributed by atoms with Gasteiger partial charge in [0.2, 0.25) is 0 Å². The number of ether oxygens (including phenoxy) is 4. The standard InChI is InChI=1S/C17H17BrO5/c1-20-13-6-7-15(16(11-13)21-2)17(19)23-9-8-22-14-5-3-4-12(18)10-14/h3-7,10-11H,8-9H2,1-2H3. The van der Waals surface area contributed by atoms with Crippen LogP contribution in [0.25, 0.3) is 0 Å². The van der Waals surface area contributed by atoms with Crippen LogP contribution in [0.2, 0.25) is 0 Å². The summed E-state index contributed by atoms with van der Waals surface area (Å²) in [6, 6.07) is 12.4. The maximum Gasteiger partial charge on any atom is 0.342 e. The highest BCUT2D eigenvalue weighted by Gasteiger charge is 2.14. The van der Waals surface area contributed by atoms with Gasteiger partial charge in [-0.3, -0.25) is 0 Å². The average molecular weight is 381 g/mol. The highest BCUT2D eigenvalue weighted by atomic mass is 79.9. The Morgan fingerprint density at radius 1 is 1.00 bits per heavy atom. The molecule has 0 heterocycles. The molecule has 0 atom stereocenters. The minimum absolute atomic E-state index is 0.139. The summed E-state index contributed by atoms with van der Waals surface area (Å²) in [5.41, 5.74) is 0.343. The lowest BCUT2D eigenvalue weighted by molar-refractivity contribution is 0.0447. The molecule has 0 unspecified atom stereocenters. The fourth-order valence-corrected chi connectivity index (χ4v) is 2.27. The number of benzene rings is 2. The number of hydrogen-bond donors (Lipinski definition) is 0. The first-order valence-electron chi connectivity index (χ1n) is 6.91. The molecule has 122 valence electrons. The van der Waals surface area contributed by atoms with Gasteiger partial charge in [0.1, 0.15) is 36.0 Å². The summed E-state index contributed by atoms with van der Waals surface area (Å²) in [6.45, 7) is 0.404. The van der Waals surface area contributed by atoms with E-state index in [0.717, 1.165) is 4.47 Å². The zero-order valence-corrected chi connectivity index (χ0v) is 14.5. The molecule has 2 rings (SSSR count). The van der Waals surface area contributed by atoms with Gasteiger partial charge in [0.05, 0.1) is 14.2 Å². The monoisotopic (exact) mass is 380 g/mol. The van der Waals surface area contributed by atoms with Crippen LogP contribution >= 0.6 is 15.9 Å². The van der Waals surface area contributed by atoms with E-state index in [1.807, 2.05) is 24.3 Å². The summed E-state index contributed by atoms with van der Waals surface area (Å²) < 4.78 is 21.9. The number of hydrogen-bond acceptors (Lipinski definition) is 5. The number of carbonyl (C=O) groups excluding carboxylic acids is 1. The van der Waals surface area contributed by atoms with Crippen molar-refractivity contribution in [2.24, 2.45) is 0 Å². The molecule has 6 heteroatoms. The molecular formula is C17H17BrO5. The van der Waals surface area contributed by atoms with Crippen LogP contribution in [0.3, 0.4) is 0 Å². The van der Waals surface area contributed by atoms with Crippen LogP contribution in [-0.2, 0) is 4.74 Å². The maximum absolute atomic E-state index is 12.1. The fraction of sp³-hybridized carbons (Fsp3) is 0.235. The minimum atomic E-state index is -0.470. The lowest BCUT2D eigenvalue weighted by atomic mass is 10.2. The summed E-state index contributed by atoms with van der Waals surface area (Å²) in [5, 5.41) is 0. The second-order valence-corrected chi connectivity index (χ2v) is 5.42. The van der Waals surface area contributed by atoms with E-state index in [9.17, 15) is 4.79 Å². The number of carbonyl (C=O) groups is 1. The molecule has 0 fully saturated rings. The lowest BCUT2D eigenvalue weighted by Crippen LogP contribution is -2.13. The Kier molecular flexibility index (Phi) is 6.29. The zero-order chi connectivity index (χ0) is 16.7. The van der Waals surface area contributed by atoms with E-state index >= 15 is 0 Å². The fourth-order valence-electron chi connectivity index (χ4n) is 1.90. The lowest BCUT2D eigenvalue weighted by Gasteiger charge is -2.11. The molecule has 2 aromatic rings. The molecule has 0 spiro atoms. The van der Waals surface area contributed by atoms with Crippen molar-refractivity contribution in [2.75, 3.05) is 27.4 Å². The molecule has 2 aromatic carbocycles. The molecule has 23 heavy (non-hydrogen) atoms. The number of esters is 1. The predicted molar refractivity (Wildman–Crippen MR) is 89.5 cm³/mol. The Labute approximate surface area is 143 Å². The van der Waals surface area contributed by atoms with Crippen LogP contribution in [0.1, 0.15) is 10.4 Å². The van der Waals surface area contributed by atoms with Gasteiger partial charge in [0, 0.05) is 10.5 Å². The molecule has 5 nitrogen and oxygen atoms in total. The Hall–Kier alpha value is -2.21. The summed E-state index contributed by atoms with van der Waals surface area (Å²) in [6.07, 6.45) is 0. The Bertz CT molecular complexity index is 672. The van der Waals surface area contributed by atoms with Crippen molar-refractivity contribution in [1.82, 2.24) is 0 Å². The van der Waals surface area contributed by atoms with Gasteiger partial charge < -0.3 is 18.9 Å². The van der Waals surface area contributed by atoms with Crippen LogP contribution in [-0.4, -0.2) is 33.4 Å². The topological polar surface area (TPSA) is 54.0 Å². The minimum Gasteiger partial charge on any atom is -0.497 e. The van der Waals surface area contributed by atoms with Crippen LogP contribution in [0.4, 0.5) is 0 Å². The Morgan fingerprint density at radius 2 is 1.83 bits per heavy atom. The van der Waals surface area contributed by atoms with E-state index in [-0.39, 0.29) is 13.2 Å². The Morgan fingerprint density at radius 3 is 2.52 bits per heavy atom. The van der Waals surface area contributed by atoms with Crippen molar-refractivity contribution in [3.05, 3.63) is 52.5 Å². The average Bonchev–Trinajstić information content (AvgIpc) is 2.58. The van der Waals surface area contributed by atoms with E-state index < -0.39 is 5.97 Å². The highest BCUT2D eigenvalue weighted by Crippen LogP contribution is 2.25. The third kappa shape index (κ3) is 4.89. The third-order valence-corrected chi connectivity index (χ3v) is 3.50. The van der Waals surface area contributed by atoms with Crippen LogP contribution in [0.5, 0.6) is 17.2 Å². The maximum atomic E-state index is 12.1. The molecule has 0 aliphatic heterocycles. The summed E-state index contributed by atoms with van der Waals surface area (Å²) in [7, 11) is 3.04. The number of methoxy groups -OCH3 is 2. The third-order valence-electron chi connectivity index (χ3n) is 3.01. The van der Waals surface area contributed by atoms with Gasteiger partial charge in [-0.15, -0.1) is 0 Å². The van der Waals surface area contributed by atoms with Crippen molar-refractivity contribution in [3.63, 3.8) is 0 Å². The van der Waals surface area contributed by atoms with Crippen molar-refractivity contribution < 1.29 is 23.7 Å². The molecule has 0 aromatic heterocycles. The van der Waals surface area contributed by atoms with Crippen molar-refractivity contribution in [1.29, 1.82) is 0 Å². The normalized spacial score (nSPS) is 10.0. The first kappa shape index (κ1) is 17.1. The van der Waals surface area contributed by atoms with Crippen LogP contribution in [0, 0.1) is 0 Å². The molecule has 0 radical (unpaired) electrons. The summed E-state index contributed by atoms with van der Waals surface area (Å²) in [4.78, 5) is 12.1. The molecule has 0 aliphatic carbocycles. The quantitative estimate of drug-likeness (QED) is 0.541. The highest BCUT2D eigenvalue weighted by molar-refractivity contribution is 9.10. The summed E-state index contributed by atoms with van der Waals surface area (Å²) >= 11 is 3.36. The van der Waals surface area contributed by atoms with Crippen molar-refractivity contribution in [2.45, 2.75) is 0 Å². The zero-order valence-electron chi connectivity index (χ0n) is 12.9. The first-order valence-corrected chi connectivity index (χ1v) is 7.71. The van der Waals surface area contributed by atoms with Crippen molar-refractivity contribution in [3.8, 4) is 17.2 Å². The van der Waals surface area contributed by atoms with Crippen LogP contribution < -0.4 is 14.2 Å². The second kappa shape index (κ2) is 8.43.